The normalized spacial score (nSPS) is 21.2. The fourth-order valence-corrected chi connectivity index (χ4v) is 2.66. The molecule has 1 amide bonds. The largest absolute Gasteiger partial charge is 0.341 e. The third-order valence-electron chi connectivity index (χ3n) is 2.48. The lowest BCUT2D eigenvalue weighted by Crippen LogP contribution is -2.46. The lowest BCUT2D eigenvalue weighted by Gasteiger charge is -2.32. The van der Waals surface area contributed by atoms with Gasteiger partial charge in [-0.25, -0.2) is 0 Å². The smallest absolute Gasteiger partial charge is 0.239 e. The lowest BCUT2D eigenvalue weighted by molar-refractivity contribution is -0.133. The van der Waals surface area contributed by atoms with Crippen molar-refractivity contribution < 1.29 is 4.79 Å². The second-order valence-electron chi connectivity index (χ2n) is 3.58. The Morgan fingerprint density at radius 3 is 2.54 bits per heavy atom. The zero-order valence-electron chi connectivity index (χ0n) is 8.32. The van der Waals surface area contributed by atoms with Gasteiger partial charge < -0.3 is 10.6 Å². The quantitative estimate of drug-likeness (QED) is 0.716. The summed E-state index contributed by atoms with van der Waals surface area (Å²) in [5.41, 5.74) is 5.55. The van der Waals surface area contributed by atoms with Gasteiger partial charge in [0.1, 0.15) is 0 Å². The summed E-state index contributed by atoms with van der Waals surface area (Å²) in [4.78, 5) is 13.4. The average molecular weight is 202 g/mol. The first-order valence-corrected chi connectivity index (χ1v) is 5.88. The number of nitrogens with zero attached hydrogens (tertiary/aromatic N) is 1. The molecular weight excluding hydrogens is 184 g/mol. The molecule has 1 fully saturated rings. The van der Waals surface area contributed by atoms with Crippen molar-refractivity contribution in [2.24, 2.45) is 5.73 Å². The van der Waals surface area contributed by atoms with Gasteiger partial charge in [0, 0.05) is 13.1 Å². The number of carbonyl (C=O) groups is 1. The van der Waals surface area contributed by atoms with E-state index in [1.807, 2.05) is 23.7 Å². The molecule has 0 aromatic heterocycles. The van der Waals surface area contributed by atoms with E-state index in [0.717, 1.165) is 12.8 Å². The van der Waals surface area contributed by atoms with Crippen LogP contribution in [-0.4, -0.2) is 41.4 Å². The number of carbonyl (C=O) groups excluding carboxylic acids is 1. The van der Waals surface area contributed by atoms with Crippen molar-refractivity contribution in [1.29, 1.82) is 0 Å². The molecule has 13 heavy (non-hydrogen) atoms. The van der Waals surface area contributed by atoms with Crippen molar-refractivity contribution >= 4 is 17.7 Å². The van der Waals surface area contributed by atoms with Gasteiger partial charge in [0.25, 0.3) is 0 Å². The summed E-state index contributed by atoms with van der Waals surface area (Å²) < 4.78 is 0. The van der Waals surface area contributed by atoms with Crippen LogP contribution in [-0.2, 0) is 4.79 Å². The Hall–Kier alpha value is -0.220. The predicted octanol–water partition coefficient (Wildman–Crippen LogP) is 0.688. The van der Waals surface area contributed by atoms with Crippen molar-refractivity contribution in [2.75, 3.05) is 18.6 Å². The van der Waals surface area contributed by atoms with Crippen LogP contribution < -0.4 is 5.73 Å². The molecule has 0 aromatic rings. The first-order chi connectivity index (χ1) is 6.13. The van der Waals surface area contributed by atoms with Gasteiger partial charge in [0.15, 0.2) is 0 Å². The van der Waals surface area contributed by atoms with E-state index < -0.39 is 0 Å². The van der Waals surface area contributed by atoms with Crippen LogP contribution in [0, 0.1) is 0 Å². The van der Waals surface area contributed by atoms with Crippen molar-refractivity contribution in [3.8, 4) is 0 Å². The number of thioether (sulfide) groups is 1. The van der Waals surface area contributed by atoms with E-state index in [4.69, 9.17) is 5.73 Å². The van der Waals surface area contributed by atoms with Crippen LogP contribution in [0.5, 0.6) is 0 Å². The Labute approximate surface area is 84.0 Å². The van der Waals surface area contributed by atoms with Crippen LogP contribution in [0.1, 0.15) is 19.8 Å². The van der Waals surface area contributed by atoms with E-state index in [-0.39, 0.29) is 11.9 Å². The summed E-state index contributed by atoms with van der Waals surface area (Å²) in [5, 5.41) is 0. The topological polar surface area (TPSA) is 46.3 Å². The summed E-state index contributed by atoms with van der Waals surface area (Å²) in [5.74, 6) is 2.40. The monoisotopic (exact) mass is 202 g/mol. The fraction of sp³-hybridized carbons (Fsp3) is 0.889. The van der Waals surface area contributed by atoms with E-state index in [0.29, 0.717) is 6.04 Å². The van der Waals surface area contributed by atoms with Gasteiger partial charge >= 0.3 is 0 Å². The first kappa shape index (κ1) is 10.9. The number of rotatable bonds is 2. The Balaban J connectivity index is 2.45. The highest BCUT2D eigenvalue weighted by molar-refractivity contribution is 7.99. The molecule has 1 aliphatic heterocycles. The Morgan fingerprint density at radius 2 is 2.08 bits per heavy atom. The van der Waals surface area contributed by atoms with Crippen LogP contribution in [0.15, 0.2) is 0 Å². The SMILES string of the molecule is C[C@H](N)C(=O)N(C)C1CCSCC1. The number of nitrogens with two attached hydrogens (primary N) is 1. The molecule has 1 heterocycles. The van der Waals surface area contributed by atoms with Gasteiger partial charge in [0.05, 0.1) is 6.04 Å². The van der Waals surface area contributed by atoms with Gasteiger partial charge in [-0.15, -0.1) is 0 Å². The van der Waals surface area contributed by atoms with Crippen LogP contribution in [0.3, 0.4) is 0 Å². The van der Waals surface area contributed by atoms with Crippen molar-refractivity contribution in [3.63, 3.8) is 0 Å². The Morgan fingerprint density at radius 1 is 1.54 bits per heavy atom. The highest BCUT2D eigenvalue weighted by atomic mass is 32.2. The Kier molecular flexibility index (Phi) is 4.06. The zero-order valence-corrected chi connectivity index (χ0v) is 9.14. The van der Waals surface area contributed by atoms with E-state index in [1.54, 1.807) is 6.92 Å². The first-order valence-electron chi connectivity index (χ1n) is 4.73. The number of amides is 1. The molecular formula is C9H18N2OS. The minimum absolute atomic E-state index is 0.0666. The molecule has 0 aromatic carbocycles. The predicted molar refractivity (Wildman–Crippen MR) is 56.8 cm³/mol. The maximum absolute atomic E-state index is 11.5. The average Bonchev–Trinajstić information content (AvgIpc) is 2.17. The van der Waals surface area contributed by atoms with E-state index in [2.05, 4.69) is 0 Å². The standard InChI is InChI=1S/C9H18N2OS/c1-7(10)9(12)11(2)8-3-5-13-6-4-8/h7-8H,3-6,10H2,1-2H3/t7-/m0/s1. The molecule has 3 nitrogen and oxygen atoms in total. The van der Waals surface area contributed by atoms with Gasteiger partial charge in [-0.1, -0.05) is 0 Å². The van der Waals surface area contributed by atoms with Crippen LogP contribution >= 0.6 is 11.8 Å². The molecule has 0 radical (unpaired) electrons. The maximum atomic E-state index is 11.5. The molecule has 4 heteroatoms. The molecule has 1 atom stereocenters. The van der Waals surface area contributed by atoms with Crippen molar-refractivity contribution in [2.45, 2.75) is 31.8 Å². The van der Waals surface area contributed by atoms with Gasteiger partial charge in [0.2, 0.25) is 5.91 Å². The molecule has 0 bridgehead atoms. The zero-order chi connectivity index (χ0) is 9.84. The summed E-state index contributed by atoms with van der Waals surface area (Å²) in [7, 11) is 1.87. The maximum Gasteiger partial charge on any atom is 0.239 e. The second kappa shape index (κ2) is 4.86. The third-order valence-corrected chi connectivity index (χ3v) is 3.52. The van der Waals surface area contributed by atoms with E-state index >= 15 is 0 Å². The molecule has 1 aliphatic rings. The van der Waals surface area contributed by atoms with Crippen LogP contribution in [0.4, 0.5) is 0 Å². The van der Waals surface area contributed by atoms with Crippen molar-refractivity contribution in [3.05, 3.63) is 0 Å². The number of hydrogen-bond acceptors (Lipinski definition) is 3. The van der Waals surface area contributed by atoms with Gasteiger partial charge in [-0.2, -0.15) is 11.8 Å². The molecule has 76 valence electrons. The Bertz CT molecular complexity index is 178. The summed E-state index contributed by atoms with van der Waals surface area (Å²) in [6, 6.07) is 0.0549. The fourth-order valence-electron chi connectivity index (χ4n) is 1.57. The summed E-state index contributed by atoms with van der Waals surface area (Å²) in [6.45, 7) is 1.75. The molecule has 1 saturated heterocycles. The van der Waals surface area contributed by atoms with E-state index in [1.165, 1.54) is 11.5 Å². The molecule has 1 rings (SSSR count). The van der Waals surface area contributed by atoms with Crippen LogP contribution in [0.2, 0.25) is 0 Å². The number of likely N-dealkylation sites (N-methyl/N-ethyl adjacent to an activating group) is 1. The van der Waals surface area contributed by atoms with E-state index in [9.17, 15) is 4.79 Å². The molecule has 0 unspecified atom stereocenters. The molecule has 0 spiro atoms. The number of hydrogen-bond donors (Lipinski definition) is 1. The lowest BCUT2D eigenvalue weighted by atomic mass is 10.1. The van der Waals surface area contributed by atoms with Crippen molar-refractivity contribution in [1.82, 2.24) is 4.90 Å². The highest BCUT2D eigenvalue weighted by Gasteiger charge is 2.23. The van der Waals surface area contributed by atoms with Crippen LogP contribution in [0.25, 0.3) is 0 Å². The second-order valence-corrected chi connectivity index (χ2v) is 4.81. The minimum Gasteiger partial charge on any atom is -0.341 e. The molecule has 2 N–H and O–H groups in total. The van der Waals surface area contributed by atoms with Gasteiger partial charge in [-0.05, 0) is 31.3 Å². The minimum atomic E-state index is -0.362. The summed E-state index contributed by atoms with van der Waals surface area (Å²) >= 11 is 1.97. The highest BCUT2D eigenvalue weighted by Crippen LogP contribution is 2.20. The van der Waals surface area contributed by atoms with Gasteiger partial charge in [-0.3, -0.25) is 4.79 Å². The third kappa shape index (κ3) is 2.88. The molecule has 0 saturated carbocycles. The molecule has 0 aliphatic carbocycles. The summed E-state index contributed by atoms with van der Waals surface area (Å²) in [6.07, 6.45) is 2.22.